The molecule has 1 aliphatic heterocycles. The van der Waals surface area contributed by atoms with Gasteiger partial charge in [-0.05, 0) is 43.2 Å². The van der Waals surface area contributed by atoms with Crippen molar-refractivity contribution in [3.63, 3.8) is 0 Å². The fourth-order valence-corrected chi connectivity index (χ4v) is 4.66. The van der Waals surface area contributed by atoms with Crippen LogP contribution in [0.4, 0.5) is 5.82 Å². The van der Waals surface area contributed by atoms with Gasteiger partial charge in [0.05, 0.1) is 26.3 Å². The van der Waals surface area contributed by atoms with Crippen molar-refractivity contribution in [1.82, 2.24) is 20.0 Å². The number of nitrogens with zero attached hydrogens (tertiary/aromatic N) is 5. The van der Waals surface area contributed by atoms with Crippen LogP contribution in [0.3, 0.4) is 0 Å². The molecule has 4 rings (SSSR count). The monoisotopic (exact) mass is 531 g/mol. The number of methoxy groups -OCH3 is 2. The van der Waals surface area contributed by atoms with E-state index in [0.717, 1.165) is 23.4 Å². The highest BCUT2D eigenvalue weighted by Gasteiger charge is 2.27. The van der Waals surface area contributed by atoms with Gasteiger partial charge in [-0.2, -0.15) is 0 Å². The molecule has 0 aliphatic carbocycles. The normalized spacial score (nSPS) is 14.1. The molecule has 1 aromatic heterocycles. The maximum atomic E-state index is 13.2. The lowest BCUT2D eigenvalue weighted by atomic mass is 10.1. The topological polar surface area (TPSA) is 88.1 Å². The second kappa shape index (κ2) is 13.1. The van der Waals surface area contributed by atoms with Crippen molar-refractivity contribution < 1.29 is 19.1 Å². The number of piperazine rings is 1. The summed E-state index contributed by atoms with van der Waals surface area (Å²) in [5.74, 6) is 2.09. The van der Waals surface area contributed by atoms with Gasteiger partial charge in [0.25, 0.3) is 0 Å². The van der Waals surface area contributed by atoms with E-state index < -0.39 is 0 Å². The fraction of sp³-hybridized carbons (Fsp3) is 0.400. The van der Waals surface area contributed by atoms with Crippen LogP contribution in [0.5, 0.6) is 11.5 Å². The number of hydrogen-bond donors (Lipinski definition) is 0. The van der Waals surface area contributed by atoms with Crippen LogP contribution in [0.25, 0.3) is 11.3 Å². The minimum absolute atomic E-state index is 0.00966. The van der Waals surface area contributed by atoms with Crippen molar-refractivity contribution in [2.24, 2.45) is 0 Å². The van der Waals surface area contributed by atoms with E-state index in [4.69, 9.17) is 9.47 Å². The summed E-state index contributed by atoms with van der Waals surface area (Å²) in [6, 6.07) is 19.1. The zero-order valence-electron chi connectivity index (χ0n) is 23.2. The summed E-state index contributed by atoms with van der Waals surface area (Å²) in [5.41, 5.74) is 2.49. The first-order chi connectivity index (χ1) is 18.9. The highest BCUT2D eigenvalue weighted by atomic mass is 16.5. The van der Waals surface area contributed by atoms with Crippen LogP contribution in [0.2, 0.25) is 0 Å². The average molecular weight is 532 g/mol. The average Bonchev–Trinajstić information content (AvgIpc) is 2.99. The van der Waals surface area contributed by atoms with Crippen LogP contribution in [-0.4, -0.2) is 84.8 Å². The van der Waals surface area contributed by atoms with Gasteiger partial charge < -0.3 is 24.2 Å². The molecule has 2 heterocycles. The van der Waals surface area contributed by atoms with Gasteiger partial charge in [0, 0.05) is 43.9 Å². The summed E-state index contributed by atoms with van der Waals surface area (Å²) in [7, 11) is 3.23. The Kier molecular flexibility index (Phi) is 9.35. The highest BCUT2D eigenvalue weighted by Crippen LogP contribution is 2.32. The first-order valence-corrected chi connectivity index (χ1v) is 13.4. The van der Waals surface area contributed by atoms with E-state index in [9.17, 15) is 9.59 Å². The van der Waals surface area contributed by atoms with Gasteiger partial charge in [-0.1, -0.05) is 37.3 Å². The number of carbonyl (C=O) groups excluding carboxylic acids is 2. The first-order valence-electron chi connectivity index (χ1n) is 13.4. The number of anilines is 1. The zero-order valence-corrected chi connectivity index (χ0v) is 23.2. The molecule has 39 heavy (non-hydrogen) atoms. The molecule has 1 aliphatic rings. The lowest BCUT2D eigenvalue weighted by Crippen LogP contribution is -2.53. The summed E-state index contributed by atoms with van der Waals surface area (Å²) < 4.78 is 10.8. The third kappa shape index (κ3) is 6.85. The van der Waals surface area contributed by atoms with Gasteiger partial charge in [-0.3, -0.25) is 9.59 Å². The van der Waals surface area contributed by atoms with Crippen LogP contribution in [0, 0.1) is 0 Å². The van der Waals surface area contributed by atoms with Crippen molar-refractivity contribution in [1.29, 1.82) is 0 Å². The number of rotatable bonds is 10. The Balaban J connectivity index is 1.35. The first kappa shape index (κ1) is 27.9. The van der Waals surface area contributed by atoms with Crippen LogP contribution in [0.1, 0.15) is 25.8 Å². The van der Waals surface area contributed by atoms with E-state index >= 15 is 0 Å². The Morgan fingerprint density at radius 1 is 0.949 bits per heavy atom. The molecule has 206 valence electrons. The van der Waals surface area contributed by atoms with Gasteiger partial charge in [0.15, 0.2) is 5.82 Å². The van der Waals surface area contributed by atoms with Crippen LogP contribution >= 0.6 is 0 Å². The zero-order chi connectivity index (χ0) is 27.8. The molecule has 2 amide bonds. The maximum Gasteiger partial charge on any atom is 0.242 e. The Labute approximate surface area is 230 Å². The summed E-state index contributed by atoms with van der Waals surface area (Å²) in [4.78, 5) is 32.0. The Bertz CT molecular complexity index is 1240. The molecule has 2 aromatic carbocycles. The number of hydrogen-bond acceptors (Lipinski definition) is 7. The van der Waals surface area contributed by atoms with Crippen LogP contribution in [0.15, 0.2) is 60.7 Å². The van der Waals surface area contributed by atoms with Gasteiger partial charge in [0.1, 0.15) is 18.0 Å². The summed E-state index contributed by atoms with van der Waals surface area (Å²) >= 11 is 0. The lowest BCUT2D eigenvalue weighted by Gasteiger charge is -2.37. The van der Waals surface area contributed by atoms with Crippen molar-refractivity contribution in [3.05, 3.63) is 66.2 Å². The molecule has 0 bridgehead atoms. The second-order valence-corrected chi connectivity index (χ2v) is 9.65. The predicted molar refractivity (Wildman–Crippen MR) is 151 cm³/mol. The number of aromatic nitrogens is 2. The van der Waals surface area contributed by atoms with E-state index in [2.05, 4.69) is 15.1 Å². The molecule has 1 fully saturated rings. The molecule has 1 atom stereocenters. The molecule has 0 saturated carbocycles. The van der Waals surface area contributed by atoms with E-state index in [0.29, 0.717) is 49.8 Å². The highest BCUT2D eigenvalue weighted by molar-refractivity contribution is 5.86. The largest absolute Gasteiger partial charge is 0.497 e. The van der Waals surface area contributed by atoms with Gasteiger partial charge in [-0.15, -0.1) is 10.2 Å². The Hall–Kier alpha value is -4.14. The van der Waals surface area contributed by atoms with E-state index in [-0.39, 0.29) is 24.4 Å². The Morgan fingerprint density at radius 2 is 1.69 bits per heavy atom. The van der Waals surface area contributed by atoms with Crippen molar-refractivity contribution in [3.8, 4) is 22.8 Å². The minimum atomic E-state index is -0.0237. The van der Waals surface area contributed by atoms with Crippen molar-refractivity contribution in [2.75, 3.05) is 51.8 Å². The predicted octanol–water partition coefficient (Wildman–Crippen LogP) is 3.68. The smallest absolute Gasteiger partial charge is 0.242 e. The SMILES string of the molecule is CCC(C)N(CC(=O)N1CCN(c2ccc(-c3ccc(OC)cc3OC)nn2)CC1)C(=O)Cc1ccccc1. The Morgan fingerprint density at radius 3 is 2.31 bits per heavy atom. The quantitative estimate of drug-likeness (QED) is 0.394. The molecule has 0 spiro atoms. The van der Waals surface area contributed by atoms with Crippen molar-refractivity contribution in [2.45, 2.75) is 32.7 Å². The molecule has 1 unspecified atom stereocenters. The van der Waals surface area contributed by atoms with Gasteiger partial charge in [0.2, 0.25) is 11.8 Å². The number of carbonyl (C=O) groups is 2. The maximum absolute atomic E-state index is 13.2. The van der Waals surface area contributed by atoms with E-state index in [1.165, 1.54) is 0 Å². The number of amides is 2. The molecule has 0 radical (unpaired) electrons. The lowest BCUT2D eigenvalue weighted by molar-refractivity contribution is -0.142. The minimum Gasteiger partial charge on any atom is -0.497 e. The number of ether oxygens (including phenoxy) is 2. The molecule has 3 aromatic rings. The standard InChI is InChI=1S/C30H37N5O4/c1-5-22(2)35(29(36)19-23-9-7-6-8-10-23)21-30(37)34-17-15-33(16-18-34)28-14-13-26(31-32-28)25-12-11-24(38-3)20-27(25)39-4/h6-14,20,22H,5,15-19,21H2,1-4H3. The summed E-state index contributed by atoms with van der Waals surface area (Å²) in [6.45, 7) is 6.55. The third-order valence-corrected chi connectivity index (χ3v) is 7.24. The number of benzene rings is 2. The molecular formula is C30H37N5O4. The molecule has 0 N–H and O–H groups in total. The molecule has 9 nitrogen and oxygen atoms in total. The second-order valence-electron chi connectivity index (χ2n) is 9.65. The third-order valence-electron chi connectivity index (χ3n) is 7.24. The molecule has 9 heteroatoms. The fourth-order valence-electron chi connectivity index (χ4n) is 4.66. The van der Waals surface area contributed by atoms with Crippen LogP contribution in [-0.2, 0) is 16.0 Å². The molecular weight excluding hydrogens is 494 g/mol. The van der Waals surface area contributed by atoms with Gasteiger partial charge in [-0.25, -0.2) is 0 Å². The summed E-state index contributed by atoms with van der Waals surface area (Å²) in [5, 5.41) is 8.87. The van der Waals surface area contributed by atoms with Gasteiger partial charge >= 0.3 is 0 Å². The van der Waals surface area contributed by atoms with Crippen LogP contribution < -0.4 is 14.4 Å². The van der Waals surface area contributed by atoms with E-state index in [1.54, 1.807) is 19.1 Å². The van der Waals surface area contributed by atoms with Crippen molar-refractivity contribution >= 4 is 17.6 Å². The van der Waals surface area contributed by atoms with E-state index in [1.807, 2.05) is 79.4 Å². The summed E-state index contributed by atoms with van der Waals surface area (Å²) in [6.07, 6.45) is 1.09. The molecule has 1 saturated heterocycles.